The zero-order chi connectivity index (χ0) is 26.8. The minimum absolute atomic E-state index is 0.151. The molecule has 3 rings (SSSR count). The predicted octanol–water partition coefficient (Wildman–Crippen LogP) is 4.63. The van der Waals surface area contributed by atoms with Gasteiger partial charge in [-0.15, -0.1) is 0 Å². The average molecular weight is 573 g/mol. The quantitative estimate of drug-likeness (QED) is 0.419. The molecule has 0 bridgehead atoms. The van der Waals surface area contributed by atoms with Gasteiger partial charge in [-0.05, 0) is 42.5 Å². The fourth-order valence-corrected chi connectivity index (χ4v) is 5.83. The lowest BCUT2D eigenvalue weighted by atomic mass is 10.2. The van der Waals surface area contributed by atoms with Gasteiger partial charge in [0.05, 0.1) is 23.1 Å². The molecule has 0 radical (unpaired) electrons. The highest BCUT2D eigenvalue weighted by Gasteiger charge is 2.27. The van der Waals surface area contributed by atoms with Gasteiger partial charge >= 0.3 is 0 Å². The number of anilines is 2. The summed E-state index contributed by atoms with van der Waals surface area (Å²) in [6.07, 6.45) is 0. The van der Waals surface area contributed by atoms with Crippen molar-refractivity contribution in [1.29, 1.82) is 10.5 Å². The molecule has 0 spiro atoms. The summed E-state index contributed by atoms with van der Waals surface area (Å²) in [5, 5.41) is 18.1. The number of hydrogen-bond acceptors (Lipinski definition) is 7. The smallest absolute Gasteiger partial charge is 0.265 e. The summed E-state index contributed by atoms with van der Waals surface area (Å²) in [4.78, 5) is -1.41. The number of hydrogen-bond donors (Lipinski definition) is 2. The van der Waals surface area contributed by atoms with E-state index in [-0.39, 0.29) is 15.8 Å². The molecule has 3 aromatic rings. The standard InChI is InChI=1S/C21H12Cl2F2N4O5S2/c1-34-18-3-2-15(35(30,31)28-20-11(9-26)4-13(22)6-16(20)24)8-19(18)36(32,33)29-21-12(10-27)5-14(23)7-17(21)25/h2-8,28-29H,1H3. The second-order valence-electron chi connectivity index (χ2n) is 6.87. The van der Waals surface area contributed by atoms with Gasteiger partial charge in [0.15, 0.2) is 0 Å². The maximum atomic E-state index is 14.4. The Morgan fingerprint density at radius 2 is 1.28 bits per heavy atom. The Morgan fingerprint density at radius 3 is 1.72 bits per heavy atom. The minimum Gasteiger partial charge on any atom is -0.495 e. The first-order valence-electron chi connectivity index (χ1n) is 9.35. The molecule has 0 fully saturated rings. The van der Waals surface area contributed by atoms with E-state index in [1.165, 1.54) is 0 Å². The van der Waals surface area contributed by atoms with Crippen LogP contribution in [0.15, 0.2) is 52.3 Å². The minimum atomic E-state index is -4.75. The SMILES string of the molecule is COc1ccc(S(=O)(=O)Nc2c(F)cc(Cl)cc2C#N)cc1S(=O)(=O)Nc1c(F)cc(Cl)cc1C#N. The van der Waals surface area contributed by atoms with Gasteiger partial charge in [0.2, 0.25) is 0 Å². The highest BCUT2D eigenvalue weighted by atomic mass is 35.5. The summed E-state index contributed by atoms with van der Waals surface area (Å²) < 4.78 is 89.6. The van der Waals surface area contributed by atoms with Crippen molar-refractivity contribution in [3.63, 3.8) is 0 Å². The molecule has 0 aliphatic carbocycles. The molecule has 186 valence electrons. The molecule has 0 aliphatic rings. The fourth-order valence-electron chi connectivity index (χ4n) is 2.95. The third-order valence-electron chi connectivity index (χ3n) is 4.56. The molecule has 36 heavy (non-hydrogen) atoms. The summed E-state index contributed by atoms with van der Waals surface area (Å²) in [5.74, 6) is -2.63. The van der Waals surface area contributed by atoms with Crippen molar-refractivity contribution in [2.45, 2.75) is 9.79 Å². The number of halogens is 4. The predicted molar refractivity (Wildman–Crippen MR) is 127 cm³/mol. The number of ether oxygens (including phenoxy) is 1. The molecule has 0 aromatic heterocycles. The van der Waals surface area contributed by atoms with E-state index in [0.29, 0.717) is 6.07 Å². The Balaban J connectivity index is 2.11. The van der Waals surface area contributed by atoms with Gasteiger partial charge in [0, 0.05) is 10.0 Å². The zero-order valence-corrected chi connectivity index (χ0v) is 21.0. The van der Waals surface area contributed by atoms with E-state index in [2.05, 4.69) is 0 Å². The molecule has 0 atom stereocenters. The van der Waals surface area contributed by atoms with Gasteiger partial charge in [0.1, 0.15) is 45.8 Å². The Bertz CT molecular complexity index is 1690. The van der Waals surface area contributed by atoms with Crippen molar-refractivity contribution in [2.75, 3.05) is 16.6 Å². The molecular formula is C21H12Cl2F2N4O5S2. The molecule has 0 unspecified atom stereocenters. The lowest BCUT2D eigenvalue weighted by Crippen LogP contribution is -2.19. The molecule has 0 aliphatic heterocycles. The normalized spacial score (nSPS) is 11.3. The van der Waals surface area contributed by atoms with Crippen LogP contribution in [0.1, 0.15) is 11.1 Å². The van der Waals surface area contributed by atoms with E-state index >= 15 is 0 Å². The van der Waals surface area contributed by atoms with Crippen molar-refractivity contribution < 1.29 is 30.4 Å². The van der Waals surface area contributed by atoms with Crippen LogP contribution in [0.2, 0.25) is 10.0 Å². The van der Waals surface area contributed by atoms with E-state index in [1.807, 2.05) is 9.44 Å². The van der Waals surface area contributed by atoms with Crippen LogP contribution in [0.4, 0.5) is 20.2 Å². The fraction of sp³-hybridized carbons (Fsp3) is 0.0476. The number of nitriles is 2. The van der Waals surface area contributed by atoms with Crippen molar-refractivity contribution in [3.05, 3.63) is 75.3 Å². The number of sulfonamides is 2. The lowest BCUT2D eigenvalue weighted by molar-refractivity contribution is 0.402. The van der Waals surface area contributed by atoms with E-state index < -0.39 is 64.0 Å². The summed E-state index contributed by atoms with van der Waals surface area (Å²) >= 11 is 11.4. The summed E-state index contributed by atoms with van der Waals surface area (Å²) in [5.41, 5.74) is -2.29. The van der Waals surface area contributed by atoms with Gasteiger partial charge in [-0.25, -0.2) is 25.6 Å². The Morgan fingerprint density at radius 1 is 0.806 bits per heavy atom. The largest absolute Gasteiger partial charge is 0.495 e. The van der Waals surface area contributed by atoms with Gasteiger partial charge in [0.25, 0.3) is 20.0 Å². The molecule has 15 heteroatoms. The molecule has 3 aromatic carbocycles. The van der Waals surface area contributed by atoms with E-state index in [0.717, 1.165) is 43.5 Å². The maximum absolute atomic E-state index is 14.4. The first-order chi connectivity index (χ1) is 16.8. The average Bonchev–Trinajstić information content (AvgIpc) is 2.81. The Hall–Kier alpha value is -3.62. The number of nitrogens with zero attached hydrogens (tertiary/aromatic N) is 2. The molecule has 0 heterocycles. The summed E-state index contributed by atoms with van der Waals surface area (Å²) in [6.45, 7) is 0. The van der Waals surface area contributed by atoms with Crippen LogP contribution in [0, 0.1) is 34.3 Å². The molecule has 0 saturated carbocycles. The Kier molecular flexibility index (Phi) is 7.62. The van der Waals surface area contributed by atoms with Crippen LogP contribution < -0.4 is 14.2 Å². The maximum Gasteiger partial charge on any atom is 0.265 e. The number of benzene rings is 3. The Labute approximate surface area is 214 Å². The van der Waals surface area contributed by atoms with Crippen LogP contribution in [-0.2, 0) is 20.0 Å². The molecule has 9 nitrogen and oxygen atoms in total. The van der Waals surface area contributed by atoms with Gasteiger partial charge in [-0.1, -0.05) is 23.2 Å². The van der Waals surface area contributed by atoms with Crippen molar-refractivity contribution >= 4 is 54.6 Å². The third kappa shape index (κ3) is 5.45. The van der Waals surface area contributed by atoms with Crippen molar-refractivity contribution in [3.8, 4) is 17.9 Å². The zero-order valence-electron chi connectivity index (χ0n) is 17.8. The second kappa shape index (κ2) is 10.2. The molecular weight excluding hydrogens is 561 g/mol. The van der Waals surface area contributed by atoms with Gasteiger partial charge in [-0.3, -0.25) is 9.44 Å². The van der Waals surface area contributed by atoms with Gasteiger partial charge in [-0.2, -0.15) is 10.5 Å². The van der Waals surface area contributed by atoms with E-state index in [4.69, 9.17) is 27.9 Å². The summed E-state index contributed by atoms with van der Waals surface area (Å²) in [6, 6.07) is 9.44. The highest BCUT2D eigenvalue weighted by molar-refractivity contribution is 7.93. The molecule has 0 amide bonds. The van der Waals surface area contributed by atoms with Crippen LogP contribution in [0.5, 0.6) is 5.75 Å². The van der Waals surface area contributed by atoms with E-state index in [1.54, 1.807) is 12.1 Å². The molecule has 2 N–H and O–H groups in total. The third-order valence-corrected chi connectivity index (χ3v) is 7.71. The highest BCUT2D eigenvalue weighted by Crippen LogP contribution is 2.33. The lowest BCUT2D eigenvalue weighted by Gasteiger charge is -2.15. The monoisotopic (exact) mass is 572 g/mol. The van der Waals surface area contributed by atoms with E-state index in [9.17, 15) is 36.1 Å². The molecule has 0 saturated heterocycles. The van der Waals surface area contributed by atoms with Crippen molar-refractivity contribution in [1.82, 2.24) is 0 Å². The van der Waals surface area contributed by atoms with Crippen LogP contribution in [0.3, 0.4) is 0 Å². The number of methoxy groups -OCH3 is 1. The second-order valence-corrected chi connectivity index (χ2v) is 11.1. The van der Waals surface area contributed by atoms with Crippen LogP contribution >= 0.6 is 23.2 Å². The number of rotatable bonds is 7. The first kappa shape index (κ1) is 27.0. The van der Waals surface area contributed by atoms with Crippen molar-refractivity contribution in [2.24, 2.45) is 0 Å². The summed E-state index contributed by atoms with van der Waals surface area (Å²) in [7, 11) is -8.31. The van der Waals surface area contributed by atoms with Crippen LogP contribution in [-0.4, -0.2) is 23.9 Å². The first-order valence-corrected chi connectivity index (χ1v) is 13.1. The number of nitrogens with one attached hydrogen (secondary N) is 2. The van der Waals surface area contributed by atoms with Gasteiger partial charge < -0.3 is 4.74 Å². The topological polar surface area (TPSA) is 149 Å². The van der Waals surface area contributed by atoms with Crippen LogP contribution in [0.25, 0.3) is 0 Å².